The van der Waals surface area contributed by atoms with Gasteiger partial charge >= 0.3 is 6.18 Å². The van der Waals surface area contributed by atoms with Crippen molar-refractivity contribution in [1.82, 2.24) is 15.2 Å². The molecular formula is C24H29F3N4O2S. The van der Waals surface area contributed by atoms with E-state index >= 15 is 0 Å². The molecule has 1 aliphatic carbocycles. The Morgan fingerprint density at radius 3 is 2.56 bits per heavy atom. The van der Waals surface area contributed by atoms with Crippen LogP contribution >= 0.6 is 11.3 Å². The molecule has 2 aromatic rings. The first-order chi connectivity index (χ1) is 15.9. The number of aromatic nitrogens is 1. The van der Waals surface area contributed by atoms with Crippen molar-refractivity contribution in [3.63, 3.8) is 0 Å². The van der Waals surface area contributed by atoms with E-state index in [1.165, 1.54) is 17.4 Å². The zero-order valence-electron chi connectivity index (χ0n) is 19.4. The Kier molecular flexibility index (Phi) is 6.63. The molecule has 2 amide bonds. The lowest BCUT2D eigenvalue weighted by atomic mass is 9.85. The van der Waals surface area contributed by atoms with Gasteiger partial charge in [0, 0.05) is 23.5 Å². The summed E-state index contributed by atoms with van der Waals surface area (Å²) in [6.45, 7) is 6.31. The summed E-state index contributed by atoms with van der Waals surface area (Å²) < 4.78 is 39.3. The zero-order valence-corrected chi connectivity index (χ0v) is 20.2. The first-order valence-corrected chi connectivity index (χ1v) is 12.3. The highest BCUT2D eigenvalue weighted by Crippen LogP contribution is 2.34. The molecule has 1 saturated heterocycles. The predicted octanol–water partition coefficient (Wildman–Crippen LogP) is 4.93. The van der Waals surface area contributed by atoms with Crippen molar-refractivity contribution in [2.45, 2.75) is 70.8 Å². The lowest BCUT2D eigenvalue weighted by Gasteiger charge is -2.35. The Morgan fingerprint density at radius 2 is 1.91 bits per heavy atom. The number of nitrogens with zero attached hydrogens (tertiary/aromatic N) is 2. The molecule has 184 valence electrons. The lowest BCUT2D eigenvalue weighted by Crippen LogP contribution is -2.54. The largest absolute Gasteiger partial charge is 0.416 e. The Bertz CT molecular complexity index is 1060. The molecule has 4 rings (SSSR count). The van der Waals surface area contributed by atoms with Crippen LogP contribution in [0.1, 0.15) is 52.0 Å². The smallest absolute Gasteiger partial charge is 0.352 e. The number of nitrogens with one attached hydrogen (secondary N) is 2. The number of benzene rings is 1. The van der Waals surface area contributed by atoms with Gasteiger partial charge < -0.3 is 15.5 Å². The van der Waals surface area contributed by atoms with Gasteiger partial charge in [-0.2, -0.15) is 13.2 Å². The average Bonchev–Trinajstić information content (AvgIpc) is 3.25. The molecule has 0 radical (unpaired) electrons. The second-order valence-corrected chi connectivity index (χ2v) is 10.9. The molecule has 10 heteroatoms. The number of hydrogen-bond acceptors (Lipinski definition) is 5. The van der Waals surface area contributed by atoms with E-state index < -0.39 is 29.2 Å². The van der Waals surface area contributed by atoms with Gasteiger partial charge in [-0.1, -0.05) is 32.9 Å². The topological polar surface area (TPSA) is 74.3 Å². The van der Waals surface area contributed by atoms with E-state index in [0.29, 0.717) is 29.4 Å². The van der Waals surface area contributed by atoms with E-state index in [2.05, 4.69) is 15.6 Å². The highest BCUT2D eigenvalue weighted by molar-refractivity contribution is 7.14. The predicted molar refractivity (Wildman–Crippen MR) is 125 cm³/mol. The van der Waals surface area contributed by atoms with E-state index in [-0.39, 0.29) is 17.9 Å². The van der Waals surface area contributed by atoms with Crippen LogP contribution in [-0.4, -0.2) is 46.4 Å². The first-order valence-electron chi connectivity index (χ1n) is 11.4. The molecule has 2 N–H and O–H groups in total. The normalized spacial score (nSPS) is 19.7. The van der Waals surface area contributed by atoms with Gasteiger partial charge in [-0.15, -0.1) is 11.3 Å². The van der Waals surface area contributed by atoms with Crippen LogP contribution < -0.4 is 10.6 Å². The molecule has 0 unspecified atom stereocenters. The van der Waals surface area contributed by atoms with Crippen LogP contribution in [0.25, 0.3) is 11.3 Å². The van der Waals surface area contributed by atoms with Crippen LogP contribution in [0.4, 0.5) is 18.3 Å². The highest BCUT2D eigenvalue weighted by atomic mass is 32.1. The van der Waals surface area contributed by atoms with Crippen molar-refractivity contribution in [2.24, 2.45) is 5.41 Å². The number of rotatable bonds is 6. The summed E-state index contributed by atoms with van der Waals surface area (Å²) in [5.41, 5.74) is -0.463. The van der Waals surface area contributed by atoms with Crippen LogP contribution in [0.5, 0.6) is 0 Å². The molecule has 1 aromatic heterocycles. The third-order valence-corrected chi connectivity index (χ3v) is 6.91. The maximum absolute atomic E-state index is 13.6. The number of carbonyl (C=O) groups excluding carboxylic acids is 2. The van der Waals surface area contributed by atoms with Gasteiger partial charge in [-0.05, 0) is 43.2 Å². The molecular weight excluding hydrogens is 465 g/mol. The minimum absolute atomic E-state index is 0.0953. The van der Waals surface area contributed by atoms with Gasteiger partial charge in [-0.3, -0.25) is 9.59 Å². The highest BCUT2D eigenvalue weighted by Gasteiger charge is 2.42. The SMILES string of the molecule is CC(C)(C)[C@H](Nc1nc(-c2cccc(C(F)(F)F)c2)cs1)C(=O)N1CCC[C@H]1C(=O)NC1CC1. The maximum Gasteiger partial charge on any atom is 0.416 e. The molecule has 0 bridgehead atoms. The second-order valence-electron chi connectivity index (χ2n) is 10.0. The van der Waals surface area contributed by atoms with Crippen LogP contribution in [0.3, 0.4) is 0 Å². The third kappa shape index (κ3) is 5.54. The van der Waals surface area contributed by atoms with Crippen LogP contribution in [0, 0.1) is 5.41 Å². The van der Waals surface area contributed by atoms with Gasteiger partial charge in [0.05, 0.1) is 11.3 Å². The molecule has 6 nitrogen and oxygen atoms in total. The van der Waals surface area contributed by atoms with Crippen molar-refractivity contribution in [3.8, 4) is 11.3 Å². The van der Waals surface area contributed by atoms with E-state index in [0.717, 1.165) is 31.4 Å². The summed E-state index contributed by atoms with van der Waals surface area (Å²) in [6.07, 6.45) is -1.07. The molecule has 2 atom stereocenters. The fourth-order valence-corrected chi connectivity index (χ4v) is 4.84. The minimum Gasteiger partial charge on any atom is -0.352 e. The average molecular weight is 495 g/mol. The van der Waals surface area contributed by atoms with E-state index in [1.807, 2.05) is 20.8 Å². The quantitative estimate of drug-likeness (QED) is 0.598. The molecule has 34 heavy (non-hydrogen) atoms. The fraction of sp³-hybridized carbons (Fsp3) is 0.542. The summed E-state index contributed by atoms with van der Waals surface area (Å²) in [7, 11) is 0. The monoisotopic (exact) mass is 494 g/mol. The Hall–Kier alpha value is -2.62. The second kappa shape index (κ2) is 9.20. The van der Waals surface area contributed by atoms with Gasteiger partial charge in [0.1, 0.15) is 12.1 Å². The molecule has 1 aromatic carbocycles. The number of alkyl halides is 3. The fourth-order valence-electron chi connectivity index (χ4n) is 4.09. The van der Waals surface area contributed by atoms with Gasteiger partial charge in [0.2, 0.25) is 11.8 Å². The van der Waals surface area contributed by atoms with Gasteiger partial charge in [0.25, 0.3) is 0 Å². The van der Waals surface area contributed by atoms with Crippen LogP contribution in [0.2, 0.25) is 0 Å². The van der Waals surface area contributed by atoms with E-state index in [4.69, 9.17) is 0 Å². The van der Waals surface area contributed by atoms with Gasteiger partial charge in [0.15, 0.2) is 5.13 Å². The van der Waals surface area contributed by atoms with Crippen molar-refractivity contribution in [2.75, 3.05) is 11.9 Å². The van der Waals surface area contributed by atoms with E-state index in [9.17, 15) is 22.8 Å². The standard InChI is InChI=1S/C24H29F3N4O2S/c1-23(2,3)19(21(33)31-11-5-8-18(31)20(32)28-16-9-10-16)30-22-29-17(13-34-22)14-6-4-7-15(12-14)24(25,26)27/h4,6-7,12-13,16,18-19H,5,8-11H2,1-3H3,(H,28,32)(H,29,30)/t18-,19+/m0/s1. The van der Waals surface area contributed by atoms with Crippen molar-refractivity contribution in [3.05, 3.63) is 35.2 Å². The van der Waals surface area contributed by atoms with Crippen molar-refractivity contribution in [1.29, 1.82) is 0 Å². The number of likely N-dealkylation sites (tertiary alicyclic amines) is 1. The number of amides is 2. The summed E-state index contributed by atoms with van der Waals surface area (Å²) in [5.74, 6) is -0.265. The van der Waals surface area contributed by atoms with Crippen molar-refractivity contribution >= 4 is 28.3 Å². The number of thiazole rings is 1. The van der Waals surface area contributed by atoms with Crippen LogP contribution in [-0.2, 0) is 15.8 Å². The number of anilines is 1. The molecule has 2 fully saturated rings. The Morgan fingerprint density at radius 1 is 1.18 bits per heavy atom. The zero-order chi connectivity index (χ0) is 24.7. The number of halogens is 3. The number of hydrogen-bond donors (Lipinski definition) is 2. The molecule has 1 aliphatic heterocycles. The minimum atomic E-state index is -4.44. The van der Waals surface area contributed by atoms with Crippen molar-refractivity contribution < 1.29 is 22.8 Å². The summed E-state index contributed by atoms with van der Waals surface area (Å²) in [4.78, 5) is 32.4. The number of carbonyl (C=O) groups is 2. The van der Waals surface area contributed by atoms with E-state index in [1.54, 1.807) is 16.3 Å². The molecule has 1 saturated carbocycles. The summed E-state index contributed by atoms with van der Waals surface area (Å²) >= 11 is 1.23. The third-order valence-electron chi connectivity index (χ3n) is 6.13. The lowest BCUT2D eigenvalue weighted by molar-refractivity contribution is -0.140. The Labute approximate surface area is 200 Å². The molecule has 2 heterocycles. The summed E-state index contributed by atoms with van der Waals surface area (Å²) in [6, 6.07) is 4.12. The molecule has 0 spiro atoms. The maximum atomic E-state index is 13.6. The van der Waals surface area contributed by atoms with Gasteiger partial charge in [-0.25, -0.2) is 4.98 Å². The van der Waals surface area contributed by atoms with Crippen LogP contribution in [0.15, 0.2) is 29.6 Å². The Balaban J connectivity index is 1.52. The molecule has 2 aliphatic rings. The summed E-state index contributed by atoms with van der Waals surface area (Å²) in [5, 5.41) is 8.32. The first kappa shape index (κ1) is 24.5.